The molecule has 30 heavy (non-hydrogen) atoms. The maximum absolute atomic E-state index is 12.6. The number of hydrogen-bond donors (Lipinski definition) is 2. The molecular weight excluding hydrogens is 400 g/mol. The number of benzene rings is 1. The largest absolute Gasteiger partial charge is 0.332 e. The summed E-state index contributed by atoms with van der Waals surface area (Å²) in [5, 5.41) is 17.5. The van der Waals surface area contributed by atoms with E-state index in [4.69, 9.17) is 0 Å². The van der Waals surface area contributed by atoms with Gasteiger partial charge in [-0.3, -0.25) is 10.1 Å². The van der Waals surface area contributed by atoms with Crippen molar-refractivity contribution in [1.29, 1.82) is 0 Å². The SMILES string of the molecule is CC(Sc1nnnn1-c1ccccc1)C(=O)NC(=O)NC12CC3CC(CC(C3)C1)C2. The monoisotopic (exact) mass is 426 g/mol. The fraction of sp³-hybridized carbons (Fsp3) is 0.571. The number of carbonyl (C=O) groups is 2. The molecule has 8 nitrogen and oxygen atoms in total. The zero-order chi connectivity index (χ0) is 20.7. The first-order valence-corrected chi connectivity index (χ1v) is 11.5. The number of aromatic nitrogens is 4. The van der Waals surface area contributed by atoms with Crippen molar-refractivity contribution in [3.8, 4) is 5.69 Å². The molecule has 2 aromatic rings. The number of para-hydroxylation sites is 1. The minimum Gasteiger partial charge on any atom is -0.332 e. The summed E-state index contributed by atoms with van der Waals surface area (Å²) < 4.78 is 1.59. The first-order valence-electron chi connectivity index (χ1n) is 10.6. The second kappa shape index (κ2) is 7.68. The Morgan fingerprint density at radius 3 is 2.37 bits per heavy atom. The minimum absolute atomic E-state index is 0.118. The van der Waals surface area contributed by atoms with Crippen molar-refractivity contribution in [1.82, 2.24) is 30.8 Å². The van der Waals surface area contributed by atoms with Gasteiger partial charge in [-0.1, -0.05) is 30.0 Å². The van der Waals surface area contributed by atoms with Gasteiger partial charge in [-0.15, -0.1) is 5.10 Å². The fourth-order valence-electron chi connectivity index (χ4n) is 5.94. The van der Waals surface area contributed by atoms with Crippen molar-refractivity contribution in [2.45, 2.75) is 61.4 Å². The Morgan fingerprint density at radius 1 is 1.10 bits per heavy atom. The molecule has 0 radical (unpaired) electrons. The van der Waals surface area contributed by atoms with E-state index in [0.717, 1.165) is 42.7 Å². The number of nitrogens with one attached hydrogen (secondary N) is 2. The normalized spacial score (nSPS) is 30.1. The second-order valence-corrected chi connectivity index (χ2v) is 10.4. The molecule has 1 aromatic heterocycles. The summed E-state index contributed by atoms with van der Waals surface area (Å²) in [7, 11) is 0. The predicted molar refractivity (Wildman–Crippen MR) is 112 cm³/mol. The molecule has 2 N–H and O–H groups in total. The molecule has 1 aromatic carbocycles. The van der Waals surface area contributed by atoms with Gasteiger partial charge in [0, 0.05) is 5.54 Å². The molecule has 1 atom stereocenters. The van der Waals surface area contributed by atoms with Gasteiger partial charge < -0.3 is 5.32 Å². The van der Waals surface area contributed by atoms with Crippen LogP contribution in [0.1, 0.15) is 45.4 Å². The summed E-state index contributed by atoms with van der Waals surface area (Å²) in [6, 6.07) is 9.12. The highest BCUT2D eigenvalue weighted by molar-refractivity contribution is 8.00. The quantitative estimate of drug-likeness (QED) is 0.713. The number of amides is 3. The standard InChI is InChI=1S/C21H26N6O2S/c1-13(30-20-24-25-26-27(20)17-5-3-2-4-6-17)18(28)22-19(29)23-21-10-14-7-15(11-21)9-16(8-14)12-21/h2-6,13-16H,7-12H2,1H3,(H2,22,23,28,29). The molecular formula is C21H26N6O2S. The Hall–Kier alpha value is -2.42. The van der Waals surface area contributed by atoms with Crippen LogP contribution in [0.3, 0.4) is 0 Å². The molecule has 6 rings (SSSR count). The van der Waals surface area contributed by atoms with Crippen molar-refractivity contribution >= 4 is 23.7 Å². The van der Waals surface area contributed by atoms with Gasteiger partial charge in [0.15, 0.2) is 0 Å². The van der Waals surface area contributed by atoms with Crippen LogP contribution in [0.25, 0.3) is 5.69 Å². The number of tetrazole rings is 1. The maximum atomic E-state index is 12.6. The first kappa shape index (κ1) is 19.5. The third-order valence-corrected chi connectivity index (χ3v) is 7.78. The second-order valence-electron chi connectivity index (χ2n) is 9.11. The van der Waals surface area contributed by atoms with Crippen LogP contribution >= 0.6 is 11.8 Å². The lowest BCUT2D eigenvalue weighted by Gasteiger charge is -2.56. The highest BCUT2D eigenvalue weighted by Crippen LogP contribution is 2.55. The summed E-state index contributed by atoms with van der Waals surface area (Å²) in [6.07, 6.45) is 7.09. The topological polar surface area (TPSA) is 102 Å². The number of carbonyl (C=O) groups excluding carboxylic acids is 2. The van der Waals surface area contributed by atoms with Gasteiger partial charge in [0.1, 0.15) is 0 Å². The molecule has 0 aliphatic heterocycles. The van der Waals surface area contributed by atoms with E-state index in [1.807, 2.05) is 30.3 Å². The molecule has 4 saturated carbocycles. The Labute approximate surface area is 179 Å². The van der Waals surface area contributed by atoms with Gasteiger partial charge >= 0.3 is 6.03 Å². The van der Waals surface area contributed by atoms with Gasteiger partial charge in [0.2, 0.25) is 11.1 Å². The summed E-state index contributed by atoms with van der Waals surface area (Å²) >= 11 is 1.23. The van der Waals surface area contributed by atoms with Crippen LogP contribution in [0.5, 0.6) is 0 Å². The summed E-state index contributed by atoms with van der Waals surface area (Å²) in [6.45, 7) is 1.75. The van der Waals surface area contributed by atoms with Crippen molar-refractivity contribution in [3.05, 3.63) is 30.3 Å². The molecule has 0 saturated heterocycles. The van der Waals surface area contributed by atoms with E-state index in [0.29, 0.717) is 5.16 Å². The van der Waals surface area contributed by atoms with Gasteiger partial charge in [0.25, 0.3) is 0 Å². The average molecular weight is 427 g/mol. The predicted octanol–water partition coefficient (Wildman–Crippen LogP) is 2.94. The van der Waals surface area contributed by atoms with Crippen molar-refractivity contribution in [3.63, 3.8) is 0 Å². The molecule has 158 valence electrons. The number of thioether (sulfide) groups is 1. The van der Waals surface area contributed by atoms with Crippen molar-refractivity contribution in [2.75, 3.05) is 0 Å². The molecule has 4 aliphatic carbocycles. The lowest BCUT2D eigenvalue weighted by atomic mass is 9.53. The average Bonchev–Trinajstić information content (AvgIpc) is 3.15. The highest BCUT2D eigenvalue weighted by Gasteiger charge is 2.51. The van der Waals surface area contributed by atoms with Crippen LogP contribution in [0.4, 0.5) is 4.79 Å². The smallest absolute Gasteiger partial charge is 0.321 e. The lowest BCUT2D eigenvalue weighted by molar-refractivity contribution is -0.119. The molecule has 1 heterocycles. The third-order valence-electron chi connectivity index (χ3n) is 6.75. The van der Waals surface area contributed by atoms with Crippen molar-refractivity contribution < 1.29 is 9.59 Å². The number of rotatable bonds is 5. The van der Waals surface area contributed by atoms with E-state index in [-0.39, 0.29) is 17.5 Å². The van der Waals surface area contributed by atoms with E-state index in [2.05, 4.69) is 26.2 Å². The van der Waals surface area contributed by atoms with E-state index < -0.39 is 5.25 Å². The van der Waals surface area contributed by atoms with Gasteiger partial charge in [0.05, 0.1) is 10.9 Å². The summed E-state index contributed by atoms with van der Waals surface area (Å²) in [4.78, 5) is 25.3. The van der Waals surface area contributed by atoms with Crippen LogP contribution in [0, 0.1) is 17.8 Å². The van der Waals surface area contributed by atoms with Gasteiger partial charge in [-0.05, 0) is 85.8 Å². The third kappa shape index (κ3) is 3.82. The molecule has 0 spiro atoms. The molecule has 4 aliphatic rings. The first-order chi connectivity index (χ1) is 14.5. The van der Waals surface area contributed by atoms with Gasteiger partial charge in [-0.25, -0.2) is 4.79 Å². The number of hydrogen-bond acceptors (Lipinski definition) is 6. The van der Waals surface area contributed by atoms with E-state index in [1.165, 1.54) is 31.0 Å². The number of imide groups is 1. The van der Waals surface area contributed by atoms with E-state index in [1.54, 1.807) is 11.6 Å². The lowest BCUT2D eigenvalue weighted by Crippen LogP contribution is -2.62. The fourth-order valence-corrected chi connectivity index (χ4v) is 6.75. The van der Waals surface area contributed by atoms with E-state index in [9.17, 15) is 9.59 Å². The number of nitrogens with zero attached hydrogens (tertiary/aromatic N) is 4. The summed E-state index contributed by atoms with van der Waals surface area (Å²) in [5.41, 5.74) is 0.699. The van der Waals surface area contributed by atoms with Crippen LogP contribution in [0.2, 0.25) is 0 Å². The molecule has 4 bridgehead atoms. The zero-order valence-electron chi connectivity index (χ0n) is 17.0. The molecule has 1 unspecified atom stereocenters. The maximum Gasteiger partial charge on any atom is 0.321 e. The molecule has 4 fully saturated rings. The van der Waals surface area contributed by atoms with Crippen molar-refractivity contribution in [2.24, 2.45) is 17.8 Å². The van der Waals surface area contributed by atoms with Crippen LogP contribution in [-0.4, -0.2) is 42.9 Å². The Bertz CT molecular complexity index is 911. The van der Waals surface area contributed by atoms with Crippen LogP contribution < -0.4 is 10.6 Å². The Kier molecular flexibility index (Phi) is 5.00. The van der Waals surface area contributed by atoms with Gasteiger partial charge in [-0.2, -0.15) is 4.68 Å². The minimum atomic E-state index is -0.513. The Morgan fingerprint density at radius 2 is 1.73 bits per heavy atom. The Balaban J connectivity index is 1.19. The van der Waals surface area contributed by atoms with Crippen LogP contribution in [-0.2, 0) is 4.79 Å². The van der Waals surface area contributed by atoms with Crippen LogP contribution in [0.15, 0.2) is 35.5 Å². The zero-order valence-corrected chi connectivity index (χ0v) is 17.8. The number of urea groups is 1. The summed E-state index contributed by atoms with van der Waals surface area (Å²) in [5.74, 6) is 1.86. The molecule has 9 heteroatoms. The highest BCUT2D eigenvalue weighted by atomic mass is 32.2. The van der Waals surface area contributed by atoms with E-state index >= 15 is 0 Å². The molecule has 3 amide bonds.